The number of β-amino-alcohol motifs (C(OH)–C–C–N with tert-alkyl or cyclic N) is 1. The number of aromatic nitrogens is 2. The number of fused-ring (bicyclic) bond motifs is 1. The van der Waals surface area contributed by atoms with Crippen LogP contribution in [0.3, 0.4) is 0 Å². The number of piperazine rings is 1. The summed E-state index contributed by atoms with van der Waals surface area (Å²) in [4.78, 5) is 27.7. The lowest BCUT2D eigenvalue weighted by Gasteiger charge is -2.34. The molecule has 1 aliphatic rings. The molecular weight excluding hydrogens is 426 g/mol. The quantitative estimate of drug-likeness (QED) is 0.539. The predicted octanol–water partition coefficient (Wildman–Crippen LogP) is 2.41. The van der Waals surface area contributed by atoms with Gasteiger partial charge in [-0.25, -0.2) is 9.97 Å². The van der Waals surface area contributed by atoms with Gasteiger partial charge in [0.05, 0.1) is 24.0 Å². The molecule has 2 N–H and O–H groups in total. The van der Waals surface area contributed by atoms with E-state index in [0.717, 1.165) is 51.7 Å². The summed E-state index contributed by atoms with van der Waals surface area (Å²) in [6.45, 7) is 6.41. The number of hydrogen-bond donors (Lipinski definition) is 2. The van der Waals surface area contributed by atoms with E-state index >= 15 is 0 Å². The average Bonchev–Trinajstić information content (AvgIpc) is 3.17. The zero-order chi connectivity index (χ0) is 22.5. The van der Waals surface area contributed by atoms with Crippen LogP contribution in [0.5, 0.6) is 5.75 Å². The molecule has 0 unspecified atom stereocenters. The maximum atomic E-state index is 13.2. The first kappa shape index (κ1) is 22.4. The highest BCUT2D eigenvalue weighted by atomic mass is 32.1. The van der Waals surface area contributed by atoms with Gasteiger partial charge in [-0.1, -0.05) is 12.1 Å². The van der Waals surface area contributed by atoms with Crippen molar-refractivity contribution >= 4 is 33.3 Å². The van der Waals surface area contributed by atoms with Crippen LogP contribution in [-0.2, 0) is 6.42 Å². The second kappa shape index (κ2) is 10.2. The second-order valence-electron chi connectivity index (χ2n) is 7.84. The zero-order valence-corrected chi connectivity index (χ0v) is 19.3. The Hall–Kier alpha value is -2.75. The van der Waals surface area contributed by atoms with Crippen molar-refractivity contribution in [1.82, 2.24) is 19.8 Å². The monoisotopic (exact) mass is 455 g/mol. The summed E-state index contributed by atoms with van der Waals surface area (Å²) < 4.78 is 5.30. The van der Waals surface area contributed by atoms with Crippen molar-refractivity contribution in [2.45, 2.75) is 13.3 Å². The molecule has 170 valence electrons. The number of aryl methyl sites for hydroxylation is 1. The topological polar surface area (TPSA) is 90.8 Å². The number of benzene rings is 1. The number of hydrogen-bond acceptors (Lipinski definition) is 8. The summed E-state index contributed by atoms with van der Waals surface area (Å²) in [6.07, 6.45) is 2.38. The van der Waals surface area contributed by atoms with Crippen LogP contribution in [0.2, 0.25) is 0 Å². The molecule has 0 spiro atoms. The van der Waals surface area contributed by atoms with Crippen molar-refractivity contribution in [3.63, 3.8) is 0 Å². The first-order valence-electron chi connectivity index (χ1n) is 10.8. The highest BCUT2D eigenvalue weighted by Crippen LogP contribution is 2.34. The number of amides is 1. The van der Waals surface area contributed by atoms with Gasteiger partial charge in [0.25, 0.3) is 5.91 Å². The van der Waals surface area contributed by atoms with Gasteiger partial charge in [0, 0.05) is 39.3 Å². The number of nitrogens with one attached hydrogen (secondary N) is 1. The van der Waals surface area contributed by atoms with Crippen molar-refractivity contribution in [2.75, 3.05) is 58.3 Å². The fourth-order valence-electron chi connectivity index (χ4n) is 4.02. The third-order valence-corrected chi connectivity index (χ3v) is 7.02. The van der Waals surface area contributed by atoms with Crippen molar-refractivity contribution in [3.05, 3.63) is 46.6 Å². The van der Waals surface area contributed by atoms with E-state index in [-0.39, 0.29) is 12.5 Å². The van der Waals surface area contributed by atoms with E-state index < -0.39 is 0 Å². The SMILES string of the molecule is COc1cccc(CCNc2ncnc3sc(C(=O)N4CCN(CCO)CC4)c(C)c23)c1. The maximum absolute atomic E-state index is 13.2. The van der Waals surface area contributed by atoms with E-state index in [4.69, 9.17) is 9.84 Å². The summed E-state index contributed by atoms with van der Waals surface area (Å²) in [7, 11) is 1.67. The highest BCUT2D eigenvalue weighted by Gasteiger charge is 2.26. The number of aliphatic hydroxyl groups excluding tert-OH is 1. The standard InChI is InChI=1S/C23H29N5O3S/c1-16-19-21(24-7-6-17-4-3-5-18(14-17)31-2)25-15-26-22(19)32-20(16)23(30)28-10-8-27(9-11-28)12-13-29/h3-5,14-15,29H,6-13H2,1-2H3,(H,24,25,26). The Balaban J connectivity index is 1.47. The van der Waals surface area contributed by atoms with Gasteiger partial charge < -0.3 is 20.1 Å². The Morgan fingerprint density at radius 1 is 1.25 bits per heavy atom. The van der Waals surface area contributed by atoms with Crippen LogP contribution in [-0.4, -0.2) is 83.8 Å². The number of ether oxygens (including phenoxy) is 1. The number of anilines is 1. The number of carbonyl (C=O) groups excluding carboxylic acids is 1. The molecule has 0 saturated carbocycles. The minimum atomic E-state index is 0.0523. The Kier molecular flexibility index (Phi) is 7.19. The lowest BCUT2D eigenvalue weighted by atomic mass is 10.1. The molecule has 1 amide bonds. The van der Waals surface area contributed by atoms with Crippen molar-refractivity contribution in [2.24, 2.45) is 0 Å². The van der Waals surface area contributed by atoms with Gasteiger partial charge >= 0.3 is 0 Å². The van der Waals surface area contributed by atoms with E-state index in [1.54, 1.807) is 13.4 Å². The van der Waals surface area contributed by atoms with Crippen molar-refractivity contribution in [3.8, 4) is 5.75 Å². The molecule has 3 heterocycles. The molecule has 9 heteroatoms. The predicted molar refractivity (Wildman–Crippen MR) is 127 cm³/mol. The lowest BCUT2D eigenvalue weighted by Crippen LogP contribution is -2.49. The Morgan fingerprint density at radius 3 is 2.81 bits per heavy atom. The van der Waals surface area contributed by atoms with Crippen molar-refractivity contribution in [1.29, 1.82) is 0 Å². The van der Waals surface area contributed by atoms with Gasteiger partial charge in [0.15, 0.2) is 0 Å². The molecule has 0 radical (unpaired) electrons. The molecule has 32 heavy (non-hydrogen) atoms. The Bertz CT molecular complexity index is 1080. The molecule has 0 aliphatic carbocycles. The van der Waals surface area contributed by atoms with Crippen LogP contribution in [0.15, 0.2) is 30.6 Å². The molecule has 0 atom stereocenters. The maximum Gasteiger partial charge on any atom is 0.264 e. The van der Waals surface area contributed by atoms with Gasteiger partial charge in [0.1, 0.15) is 22.7 Å². The Labute approximate surface area is 191 Å². The van der Waals surface area contributed by atoms with Gasteiger partial charge in [-0.05, 0) is 36.6 Å². The van der Waals surface area contributed by atoms with Crippen molar-refractivity contribution < 1.29 is 14.6 Å². The molecular formula is C23H29N5O3S. The summed E-state index contributed by atoms with van der Waals surface area (Å²) in [6, 6.07) is 8.03. The van der Waals surface area contributed by atoms with Gasteiger partial charge in [-0.2, -0.15) is 0 Å². The minimum absolute atomic E-state index is 0.0523. The summed E-state index contributed by atoms with van der Waals surface area (Å²) in [5.74, 6) is 1.66. The number of nitrogens with zero attached hydrogens (tertiary/aromatic N) is 4. The van der Waals surface area contributed by atoms with Crippen LogP contribution in [0.25, 0.3) is 10.2 Å². The first-order chi connectivity index (χ1) is 15.6. The zero-order valence-electron chi connectivity index (χ0n) is 18.5. The van der Waals surface area contributed by atoms with Crippen LogP contribution in [0, 0.1) is 6.92 Å². The highest BCUT2D eigenvalue weighted by molar-refractivity contribution is 7.20. The number of methoxy groups -OCH3 is 1. The summed E-state index contributed by atoms with van der Waals surface area (Å²) >= 11 is 1.43. The third kappa shape index (κ3) is 4.85. The first-order valence-corrected chi connectivity index (χ1v) is 11.7. The molecule has 2 aromatic heterocycles. The molecule has 1 fully saturated rings. The largest absolute Gasteiger partial charge is 0.497 e. The molecule has 0 bridgehead atoms. The molecule has 1 aliphatic heterocycles. The van der Waals surface area contributed by atoms with Crippen LogP contribution in [0.4, 0.5) is 5.82 Å². The van der Waals surface area contributed by atoms with E-state index in [1.807, 2.05) is 30.0 Å². The van der Waals surface area contributed by atoms with Gasteiger partial charge in [-0.15, -0.1) is 11.3 Å². The number of thiophene rings is 1. The summed E-state index contributed by atoms with van der Waals surface area (Å²) in [5.41, 5.74) is 2.11. The smallest absolute Gasteiger partial charge is 0.264 e. The summed E-state index contributed by atoms with van der Waals surface area (Å²) in [5, 5.41) is 13.5. The van der Waals surface area contributed by atoms with Gasteiger partial charge in [-0.3, -0.25) is 9.69 Å². The second-order valence-corrected chi connectivity index (χ2v) is 8.84. The van der Waals surface area contributed by atoms with Crippen LogP contribution < -0.4 is 10.1 Å². The van der Waals surface area contributed by atoms with Gasteiger partial charge in [0.2, 0.25) is 0 Å². The average molecular weight is 456 g/mol. The Morgan fingerprint density at radius 2 is 2.06 bits per heavy atom. The number of aliphatic hydroxyl groups is 1. The van der Waals surface area contributed by atoms with E-state index in [9.17, 15) is 4.79 Å². The minimum Gasteiger partial charge on any atom is -0.497 e. The normalized spacial score (nSPS) is 14.7. The fraction of sp³-hybridized carbons (Fsp3) is 0.435. The number of carbonyl (C=O) groups is 1. The molecule has 3 aromatic rings. The van der Waals surface area contributed by atoms with Crippen LogP contribution >= 0.6 is 11.3 Å². The molecule has 1 saturated heterocycles. The molecule has 8 nitrogen and oxygen atoms in total. The molecule has 1 aromatic carbocycles. The number of rotatable bonds is 8. The van der Waals surface area contributed by atoms with E-state index in [2.05, 4.69) is 26.3 Å². The van der Waals surface area contributed by atoms with E-state index in [0.29, 0.717) is 26.2 Å². The lowest BCUT2D eigenvalue weighted by molar-refractivity contribution is 0.0619. The third-order valence-electron chi connectivity index (χ3n) is 5.84. The van der Waals surface area contributed by atoms with Crippen LogP contribution in [0.1, 0.15) is 20.8 Å². The fourth-order valence-corrected chi connectivity index (χ4v) is 5.14. The van der Waals surface area contributed by atoms with E-state index in [1.165, 1.54) is 16.9 Å². The molecule has 4 rings (SSSR count).